The monoisotopic (exact) mass is 723 g/mol. The summed E-state index contributed by atoms with van der Waals surface area (Å²) in [5.74, 6) is 5.43. The Labute approximate surface area is 325 Å². The molecule has 6 aliphatic rings. The van der Waals surface area contributed by atoms with Crippen LogP contribution in [0.15, 0.2) is 72.8 Å². The first kappa shape index (κ1) is 36.6. The second-order valence-corrected chi connectivity index (χ2v) is 22.3. The number of benzene rings is 3. The van der Waals surface area contributed by atoms with E-state index in [9.17, 15) is 0 Å². The molecule has 0 N–H and O–H groups in total. The Bertz CT molecular complexity index is 1420. The SMILES string of the molecule is F[Si](c1ccccc1CCB1C2CCCC1CCC2)(c1ccccc1CCB1C2CCCC1CCC2)c1ccccc1CCB1C2CCCC1CCC2. The predicted octanol–water partition coefficient (Wildman–Crippen LogP) is 12.1. The van der Waals surface area contributed by atoms with Crippen LogP contribution < -0.4 is 15.6 Å². The van der Waals surface area contributed by atoms with E-state index in [1.165, 1.54) is 151 Å². The molecule has 3 aromatic carbocycles. The molecule has 0 spiro atoms. The predicted molar refractivity (Wildman–Crippen MR) is 233 cm³/mol. The molecule has 0 unspecified atom stereocenters. The summed E-state index contributed by atoms with van der Waals surface area (Å²) in [4.78, 5) is 0. The fourth-order valence-corrected chi connectivity index (χ4v) is 18.3. The van der Waals surface area contributed by atoms with Gasteiger partial charge in [0.05, 0.1) is 0 Å². The highest BCUT2D eigenvalue weighted by Gasteiger charge is 2.47. The topological polar surface area (TPSA) is 0 Å². The lowest BCUT2D eigenvalue weighted by atomic mass is 9.25. The van der Waals surface area contributed by atoms with Gasteiger partial charge >= 0.3 is 8.41 Å². The van der Waals surface area contributed by atoms with Gasteiger partial charge in [0.2, 0.25) is 0 Å². The Hall–Kier alpha value is -2.00. The van der Waals surface area contributed by atoms with Gasteiger partial charge in [-0.05, 0) is 51.5 Å². The molecule has 6 saturated heterocycles. The van der Waals surface area contributed by atoms with Crippen molar-refractivity contribution >= 4 is 44.1 Å². The summed E-state index contributed by atoms with van der Waals surface area (Å²) >= 11 is 0. The van der Waals surface area contributed by atoms with Crippen LogP contribution in [0, 0.1) is 0 Å². The fourth-order valence-electron chi connectivity index (χ4n) is 14.5. The molecule has 0 nitrogen and oxygen atoms in total. The van der Waals surface area contributed by atoms with Gasteiger partial charge in [0.15, 0.2) is 0 Å². The van der Waals surface area contributed by atoms with Crippen molar-refractivity contribution in [2.24, 2.45) is 0 Å². The van der Waals surface area contributed by atoms with E-state index in [1.807, 2.05) is 0 Å². The van der Waals surface area contributed by atoms with E-state index in [1.54, 1.807) is 0 Å². The van der Waals surface area contributed by atoms with Gasteiger partial charge in [-0.25, -0.2) is 0 Å². The quantitative estimate of drug-likeness (QED) is 0.0992. The zero-order valence-electron chi connectivity index (χ0n) is 33.0. The zero-order valence-corrected chi connectivity index (χ0v) is 34.0. The molecule has 0 aliphatic carbocycles. The summed E-state index contributed by atoms with van der Waals surface area (Å²) in [5, 5.41) is 3.22. The molecule has 0 radical (unpaired) electrons. The van der Waals surface area contributed by atoms with Crippen molar-refractivity contribution in [3.8, 4) is 0 Å². The maximum Gasteiger partial charge on any atom is 0.340 e. The number of rotatable bonds is 12. The van der Waals surface area contributed by atoms with Gasteiger partial charge in [0, 0.05) is 0 Å². The molecule has 0 aromatic heterocycles. The summed E-state index contributed by atoms with van der Waals surface area (Å²) in [6, 6.07) is 27.0. The third-order valence-corrected chi connectivity index (χ3v) is 20.6. The van der Waals surface area contributed by atoms with Crippen molar-refractivity contribution in [2.75, 3.05) is 0 Å². The summed E-state index contributed by atoms with van der Waals surface area (Å²) in [5.41, 5.74) is 3.95. The van der Waals surface area contributed by atoms with E-state index in [-0.39, 0.29) is 0 Å². The molecule has 0 saturated carbocycles. The van der Waals surface area contributed by atoms with Gasteiger partial charge < -0.3 is 0 Å². The molecule has 3 aromatic rings. The summed E-state index contributed by atoms with van der Waals surface area (Å²) in [6.07, 6.45) is 32.6. The first-order valence-corrected chi connectivity index (χ1v) is 25.0. The van der Waals surface area contributed by atoms with Crippen molar-refractivity contribution in [3.05, 3.63) is 89.5 Å². The average molecular weight is 723 g/mol. The van der Waals surface area contributed by atoms with Gasteiger partial charge in [0.1, 0.15) is 20.1 Å². The maximum atomic E-state index is 19.9. The van der Waals surface area contributed by atoms with E-state index >= 15 is 4.11 Å². The smallest absolute Gasteiger partial charge is 0.296 e. The Morgan fingerprint density at radius 2 is 0.604 bits per heavy atom. The minimum absolute atomic E-state index is 0.839. The molecular weight excluding hydrogens is 656 g/mol. The highest BCUT2D eigenvalue weighted by Crippen LogP contribution is 2.50. The Morgan fingerprint density at radius 1 is 0.377 bits per heavy atom. The molecule has 0 atom stereocenters. The highest BCUT2D eigenvalue weighted by atomic mass is 28.4. The van der Waals surface area contributed by atoms with E-state index in [0.717, 1.165) is 89.9 Å². The van der Waals surface area contributed by atoms with Crippen LogP contribution >= 0.6 is 0 Å². The van der Waals surface area contributed by atoms with Gasteiger partial charge in [-0.2, -0.15) is 0 Å². The summed E-state index contributed by atoms with van der Waals surface area (Å²) < 4.78 is 19.9. The third-order valence-electron chi connectivity index (χ3n) is 16.9. The minimum Gasteiger partial charge on any atom is -0.296 e. The Kier molecular flexibility index (Phi) is 11.5. The number of hydrogen-bond donors (Lipinski definition) is 0. The van der Waals surface area contributed by atoms with Crippen LogP contribution in [-0.2, 0) is 19.3 Å². The van der Waals surface area contributed by atoms with Gasteiger partial charge in [0.25, 0.3) is 0 Å². The average Bonchev–Trinajstić information content (AvgIpc) is 3.18. The van der Waals surface area contributed by atoms with Crippen molar-refractivity contribution in [3.63, 3.8) is 0 Å². The van der Waals surface area contributed by atoms with Crippen molar-refractivity contribution in [1.29, 1.82) is 0 Å². The Morgan fingerprint density at radius 3 is 0.849 bits per heavy atom. The normalized spacial score (nSPS) is 29.5. The summed E-state index contributed by atoms with van der Waals surface area (Å²) in [6.45, 7) is 2.52. The number of aryl methyl sites for hydroxylation is 3. The van der Waals surface area contributed by atoms with Crippen molar-refractivity contribution < 1.29 is 4.11 Å². The third kappa shape index (κ3) is 7.49. The van der Waals surface area contributed by atoms with Crippen LogP contribution in [0.2, 0.25) is 53.9 Å². The number of fused-ring (bicyclic) bond motifs is 6. The van der Waals surface area contributed by atoms with E-state index < -0.39 is 8.41 Å². The first-order chi connectivity index (χ1) is 26.2. The van der Waals surface area contributed by atoms with E-state index in [2.05, 4.69) is 72.8 Å². The maximum absolute atomic E-state index is 19.9. The van der Waals surface area contributed by atoms with Gasteiger partial charge in [-0.3, -0.25) is 4.11 Å². The standard InChI is InChI=1S/C48H66B3FSi/c52-53(46-28-4-1-13-37(46)31-34-49-40-16-7-17-41(49)19-8-18-40,47-29-5-2-14-38(47)32-35-50-42-20-9-21-43(50)23-10-22-42)48-30-6-3-15-39(48)33-36-51-44-24-11-25-45(51)27-12-26-44/h1-6,13-15,28-30,40-45H,7-12,16-27,31-36H2. The molecular formula is C48H66B3FSi. The molecule has 53 heavy (non-hydrogen) atoms. The lowest BCUT2D eigenvalue weighted by molar-refractivity contribution is 0.441. The largest absolute Gasteiger partial charge is 0.340 e. The number of halogens is 1. The Balaban J connectivity index is 1.08. The van der Waals surface area contributed by atoms with E-state index in [0.29, 0.717) is 0 Å². The molecule has 5 heteroatoms. The second-order valence-electron chi connectivity index (χ2n) is 19.4. The number of hydrogen-bond acceptors (Lipinski definition) is 0. The molecule has 278 valence electrons. The van der Waals surface area contributed by atoms with Gasteiger partial charge in [-0.1, -0.05) is 242 Å². The van der Waals surface area contributed by atoms with Crippen LogP contribution in [0.3, 0.4) is 0 Å². The van der Waals surface area contributed by atoms with Crippen molar-refractivity contribution in [1.82, 2.24) is 0 Å². The molecule has 6 aliphatic heterocycles. The van der Waals surface area contributed by atoms with Crippen LogP contribution in [0.1, 0.15) is 132 Å². The lowest BCUT2D eigenvalue weighted by Gasteiger charge is -2.41. The fraction of sp³-hybridized carbons (Fsp3) is 0.625. The van der Waals surface area contributed by atoms with Crippen LogP contribution in [0.5, 0.6) is 0 Å². The highest BCUT2D eigenvalue weighted by molar-refractivity contribution is 7.07. The second kappa shape index (κ2) is 16.6. The molecule has 0 amide bonds. The molecule has 6 heterocycles. The summed E-state index contributed by atoms with van der Waals surface area (Å²) in [7, 11) is -3.86. The lowest BCUT2D eigenvalue weighted by Crippen LogP contribution is -2.66. The molecule has 6 fully saturated rings. The zero-order chi connectivity index (χ0) is 35.6. The van der Waals surface area contributed by atoms with Crippen LogP contribution in [0.4, 0.5) is 4.11 Å². The van der Waals surface area contributed by atoms with Crippen molar-refractivity contribution in [2.45, 2.75) is 189 Å². The van der Waals surface area contributed by atoms with E-state index in [4.69, 9.17) is 0 Å². The molecule has 6 bridgehead atoms. The first-order valence-electron chi connectivity index (χ1n) is 23.1. The van der Waals surface area contributed by atoms with Crippen LogP contribution in [-0.4, -0.2) is 28.5 Å². The van der Waals surface area contributed by atoms with Crippen LogP contribution in [0.25, 0.3) is 0 Å². The van der Waals surface area contributed by atoms with Gasteiger partial charge in [-0.15, -0.1) is 0 Å². The molecule has 9 rings (SSSR count). The minimum atomic E-state index is -3.86.